The monoisotopic (exact) mass is 258 g/mol. The second-order valence-electron chi connectivity index (χ2n) is 3.80. The number of hydrogen-bond donors (Lipinski definition) is 0. The van der Waals surface area contributed by atoms with Crippen LogP contribution in [0.1, 0.15) is 33.6 Å². The first-order chi connectivity index (χ1) is 6.68. The van der Waals surface area contributed by atoms with Gasteiger partial charge >= 0.3 is 0 Å². The van der Waals surface area contributed by atoms with E-state index in [0.29, 0.717) is 12.8 Å². The summed E-state index contributed by atoms with van der Waals surface area (Å²) in [6, 6.07) is 0. The van der Waals surface area contributed by atoms with Gasteiger partial charge in [-0.05, 0) is 12.3 Å². The summed E-state index contributed by atoms with van der Waals surface area (Å²) in [6.45, 7) is 5.18. The van der Waals surface area contributed by atoms with E-state index in [1.165, 1.54) is 0 Å². The van der Waals surface area contributed by atoms with Crippen molar-refractivity contribution >= 4 is 20.2 Å². The van der Waals surface area contributed by atoms with E-state index < -0.39 is 20.2 Å². The highest BCUT2D eigenvalue weighted by Crippen LogP contribution is 2.08. The third-order valence-electron chi connectivity index (χ3n) is 1.49. The third kappa shape index (κ3) is 7.75. The zero-order valence-electron chi connectivity index (χ0n) is 9.26. The molecule has 0 bridgehead atoms. The fourth-order valence-electron chi connectivity index (χ4n) is 0.949. The smallest absolute Gasteiger partial charge is 0.198 e. The second-order valence-corrected chi connectivity index (χ2v) is 7.32. The van der Waals surface area contributed by atoms with E-state index in [2.05, 4.69) is 3.63 Å². The zero-order valence-corrected chi connectivity index (χ0v) is 10.9. The van der Waals surface area contributed by atoms with Gasteiger partial charge in [0, 0.05) is 0 Å². The van der Waals surface area contributed by atoms with Crippen LogP contribution in [-0.4, -0.2) is 28.3 Å². The molecule has 0 saturated carbocycles. The summed E-state index contributed by atoms with van der Waals surface area (Å²) in [4.78, 5) is 0. The summed E-state index contributed by atoms with van der Waals surface area (Å²) in [5, 5.41) is 0. The van der Waals surface area contributed by atoms with Crippen LogP contribution < -0.4 is 0 Å². The van der Waals surface area contributed by atoms with E-state index in [-0.39, 0.29) is 17.4 Å². The van der Waals surface area contributed by atoms with Gasteiger partial charge in [0.05, 0.1) is 11.5 Å². The van der Waals surface area contributed by atoms with Crippen molar-refractivity contribution in [1.29, 1.82) is 0 Å². The van der Waals surface area contributed by atoms with Crippen molar-refractivity contribution in [3.8, 4) is 0 Å². The van der Waals surface area contributed by atoms with Crippen molar-refractivity contribution in [3.05, 3.63) is 0 Å². The van der Waals surface area contributed by atoms with Crippen LogP contribution in [0.2, 0.25) is 0 Å². The molecule has 15 heavy (non-hydrogen) atoms. The molecule has 0 aliphatic carbocycles. The fourth-order valence-corrected chi connectivity index (χ4v) is 4.17. The Hall–Kier alpha value is -0.140. The lowest BCUT2D eigenvalue weighted by Gasteiger charge is -2.07. The number of unbranched alkanes of at least 4 members (excludes halogenated alkanes) is 1. The molecule has 0 radical (unpaired) electrons. The van der Waals surface area contributed by atoms with Gasteiger partial charge in [0.1, 0.15) is 0 Å². The second kappa shape index (κ2) is 5.81. The summed E-state index contributed by atoms with van der Waals surface area (Å²) in [5.41, 5.74) is 0. The SMILES string of the molecule is CCCCS(=O)(=O)OS(=O)(=O)CC(C)C. The summed E-state index contributed by atoms with van der Waals surface area (Å²) in [5.74, 6) is -0.685. The average Bonchev–Trinajstić information content (AvgIpc) is 1.95. The average molecular weight is 258 g/mol. The maximum atomic E-state index is 11.2. The van der Waals surface area contributed by atoms with Crippen LogP contribution in [0.3, 0.4) is 0 Å². The van der Waals surface area contributed by atoms with Gasteiger partial charge in [0.15, 0.2) is 0 Å². The van der Waals surface area contributed by atoms with Crippen LogP contribution in [0.4, 0.5) is 0 Å². The molecule has 0 aliphatic heterocycles. The molecule has 0 aromatic carbocycles. The van der Waals surface area contributed by atoms with Crippen LogP contribution in [0.5, 0.6) is 0 Å². The van der Waals surface area contributed by atoms with E-state index >= 15 is 0 Å². The maximum absolute atomic E-state index is 11.2. The van der Waals surface area contributed by atoms with Crippen LogP contribution in [0.15, 0.2) is 0 Å². The van der Waals surface area contributed by atoms with Crippen molar-refractivity contribution in [2.75, 3.05) is 11.5 Å². The molecule has 0 fully saturated rings. The molecule has 0 heterocycles. The van der Waals surface area contributed by atoms with Gasteiger partial charge in [-0.25, -0.2) is 0 Å². The Labute approximate surface area is 92.1 Å². The van der Waals surface area contributed by atoms with E-state index in [1.807, 2.05) is 6.92 Å². The minimum absolute atomic E-state index is 0.156. The molecular weight excluding hydrogens is 240 g/mol. The Morgan fingerprint density at radius 2 is 1.60 bits per heavy atom. The summed E-state index contributed by atoms with van der Waals surface area (Å²) >= 11 is 0. The highest BCUT2D eigenvalue weighted by molar-refractivity contribution is 7.99. The molecule has 0 N–H and O–H groups in total. The lowest BCUT2D eigenvalue weighted by molar-refractivity contribution is 0.455. The molecule has 0 aromatic rings. The van der Waals surface area contributed by atoms with Crippen LogP contribution in [0, 0.1) is 5.92 Å². The van der Waals surface area contributed by atoms with Crippen LogP contribution >= 0.6 is 0 Å². The van der Waals surface area contributed by atoms with Gasteiger partial charge in [-0.15, -0.1) is 3.63 Å². The van der Waals surface area contributed by atoms with E-state index in [4.69, 9.17) is 0 Å². The zero-order chi connectivity index (χ0) is 12.1. The molecular formula is C8H18O5S2. The van der Waals surface area contributed by atoms with Crippen LogP contribution in [0.25, 0.3) is 0 Å². The minimum Gasteiger partial charge on any atom is -0.198 e. The molecule has 5 nitrogen and oxygen atoms in total. The molecule has 0 aromatic heterocycles. The molecule has 0 spiro atoms. The standard InChI is InChI=1S/C8H18O5S2/c1-4-5-6-14(9,10)13-15(11,12)7-8(2)3/h8H,4-7H2,1-3H3. The summed E-state index contributed by atoms with van der Waals surface area (Å²) < 4.78 is 49.0. The molecule has 0 amide bonds. The van der Waals surface area contributed by atoms with E-state index in [1.54, 1.807) is 13.8 Å². The molecule has 0 aliphatic rings. The van der Waals surface area contributed by atoms with Crippen molar-refractivity contribution in [1.82, 2.24) is 0 Å². The Balaban J connectivity index is 4.45. The first-order valence-electron chi connectivity index (χ1n) is 4.85. The minimum atomic E-state index is -3.96. The predicted molar refractivity (Wildman–Crippen MR) is 58.4 cm³/mol. The third-order valence-corrected chi connectivity index (χ3v) is 5.01. The Morgan fingerprint density at radius 1 is 1.07 bits per heavy atom. The highest BCUT2D eigenvalue weighted by Gasteiger charge is 2.23. The Morgan fingerprint density at radius 3 is 2.00 bits per heavy atom. The first kappa shape index (κ1) is 14.9. The van der Waals surface area contributed by atoms with Gasteiger partial charge in [0.25, 0.3) is 20.2 Å². The molecule has 0 atom stereocenters. The number of hydrogen-bond acceptors (Lipinski definition) is 5. The Kier molecular flexibility index (Phi) is 5.76. The maximum Gasteiger partial charge on any atom is 0.282 e. The van der Waals surface area contributed by atoms with Gasteiger partial charge in [-0.3, -0.25) is 0 Å². The molecule has 0 saturated heterocycles. The molecule has 0 unspecified atom stereocenters. The molecule has 92 valence electrons. The van der Waals surface area contributed by atoms with Gasteiger partial charge in [-0.1, -0.05) is 27.2 Å². The van der Waals surface area contributed by atoms with E-state index in [0.717, 1.165) is 0 Å². The van der Waals surface area contributed by atoms with Gasteiger partial charge < -0.3 is 0 Å². The quantitative estimate of drug-likeness (QED) is 0.684. The normalized spacial score (nSPS) is 13.3. The lowest BCUT2D eigenvalue weighted by Crippen LogP contribution is -2.21. The fraction of sp³-hybridized carbons (Fsp3) is 1.00. The van der Waals surface area contributed by atoms with Gasteiger partial charge in [-0.2, -0.15) is 16.8 Å². The molecule has 0 rings (SSSR count). The van der Waals surface area contributed by atoms with Crippen LogP contribution in [-0.2, 0) is 23.9 Å². The van der Waals surface area contributed by atoms with Crippen molar-refractivity contribution in [2.45, 2.75) is 33.6 Å². The van der Waals surface area contributed by atoms with Crippen molar-refractivity contribution in [3.63, 3.8) is 0 Å². The largest absolute Gasteiger partial charge is 0.282 e. The summed E-state index contributed by atoms with van der Waals surface area (Å²) in [6.07, 6.45) is 1.08. The topological polar surface area (TPSA) is 77.5 Å². The van der Waals surface area contributed by atoms with E-state index in [9.17, 15) is 16.8 Å². The van der Waals surface area contributed by atoms with Crippen molar-refractivity contribution in [2.24, 2.45) is 5.92 Å². The highest BCUT2D eigenvalue weighted by atomic mass is 32.3. The molecule has 7 heteroatoms. The summed E-state index contributed by atoms with van der Waals surface area (Å²) in [7, 11) is -7.89. The number of rotatable bonds is 7. The first-order valence-corrected chi connectivity index (χ1v) is 8.00. The predicted octanol–water partition coefficient (Wildman–Crippen LogP) is 1.12. The van der Waals surface area contributed by atoms with Gasteiger partial charge in [0.2, 0.25) is 0 Å². The van der Waals surface area contributed by atoms with Crippen molar-refractivity contribution < 1.29 is 20.5 Å². The Bertz CT molecular complexity index is 366. The lowest BCUT2D eigenvalue weighted by atomic mass is 10.3.